The summed E-state index contributed by atoms with van der Waals surface area (Å²) in [5.74, 6) is 3.70. The predicted molar refractivity (Wildman–Crippen MR) is 102 cm³/mol. The third-order valence-corrected chi connectivity index (χ3v) is 4.72. The fraction of sp³-hybridized carbons (Fsp3) is 0.842. The van der Waals surface area contributed by atoms with Crippen molar-refractivity contribution < 1.29 is 4.52 Å². The van der Waals surface area contributed by atoms with Crippen LogP contribution >= 0.6 is 0 Å². The molecule has 0 amide bonds. The number of hydrogen-bond acceptors (Lipinski definition) is 4. The maximum absolute atomic E-state index is 5.27. The van der Waals surface area contributed by atoms with Gasteiger partial charge in [0.15, 0.2) is 11.8 Å². The van der Waals surface area contributed by atoms with E-state index < -0.39 is 0 Å². The second-order valence-corrected chi connectivity index (χ2v) is 7.28. The topological polar surface area (TPSA) is 75.3 Å². The first-order valence-corrected chi connectivity index (χ1v) is 10.0. The lowest BCUT2D eigenvalue weighted by atomic mass is 10.0. The van der Waals surface area contributed by atoms with Gasteiger partial charge in [0.2, 0.25) is 5.89 Å². The summed E-state index contributed by atoms with van der Waals surface area (Å²) in [4.78, 5) is 9.05. The van der Waals surface area contributed by atoms with Gasteiger partial charge in [-0.05, 0) is 32.1 Å². The van der Waals surface area contributed by atoms with Crippen molar-refractivity contribution in [3.05, 3.63) is 11.7 Å². The van der Waals surface area contributed by atoms with E-state index in [2.05, 4.69) is 46.5 Å². The van der Waals surface area contributed by atoms with Crippen LogP contribution in [-0.4, -0.2) is 35.7 Å². The first-order valence-electron chi connectivity index (χ1n) is 10.0. The zero-order valence-corrected chi connectivity index (χ0v) is 16.2. The van der Waals surface area contributed by atoms with E-state index in [0.717, 1.165) is 50.2 Å². The molecule has 1 saturated carbocycles. The molecule has 1 aromatic rings. The molecule has 142 valence electrons. The van der Waals surface area contributed by atoms with Gasteiger partial charge in [0.1, 0.15) is 0 Å². The van der Waals surface area contributed by atoms with Gasteiger partial charge in [-0.15, -0.1) is 0 Å². The second kappa shape index (κ2) is 11.1. The molecule has 1 aliphatic rings. The quantitative estimate of drug-likeness (QED) is 0.383. The Balaban J connectivity index is 1.63. The maximum Gasteiger partial charge on any atom is 0.226 e. The number of aromatic nitrogens is 2. The molecular weight excluding hydrogens is 314 g/mol. The van der Waals surface area contributed by atoms with Crippen LogP contribution < -0.4 is 10.6 Å². The SMILES string of the molecule is CCNC(=NCCCc1nc(C(C)C)no1)NCCCC1CCCC1. The summed E-state index contributed by atoms with van der Waals surface area (Å²) in [5.41, 5.74) is 0. The highest BCUT2D eigenvalue weighted by Gasteiger charge is 2.14. The minimum atomic E-state index is 0.310. The smallest absolute Gasteiger partial charge is 0.226 e. The summed E-state index contributed by atoms with van der Waals surface area (Å²) in [7, 11) is 0. The van der Waals surface area contributed by atoms with Gasteiger partial charge in [-0.3, -0.25) is 4.99 Å². The van der Waals surface area contributed by atoms with E-state index in [0.29, 0.717) is 11.8 Å². The Morgan fingerprint density at radius 2 is 2.04 bits per heavy atom. The van der Waals surface area contributed by atoms with Crippen LogP contribution in [0.3, 0.4) is 0 Å². The van der Waals surface area contributed by atoms with Crippen LogP contribution in [0, 0.1) is 5.92 Å². The van der Waals surface area contributed by atoms with Crippen molar-refractivity contribution in [3.8, 4) is 0 Å². The van der Waals surface area contributed by atoms with Gasteiger partial charge in [0.05, 0.1) is 0 Å². The van der Waals surface area contributed by atoms with Gasteiger partial charge in [-0.25, -0.2) is 0 Å². The predicted octanol–water partition coefficient (Wildman–Crippen LogP) is 3.65. The van der Waals surface area contributed by atoms with Crippen LogP contribution in [0.1, 0.15) is 83.3 Å². The molecule has 0 spiro atoms. The molecule has 2 rings (SSSR count). The molecule has 0 unspecified atom stereocenters. The summed E-state index contributed by atoms with van der Waals surface area (Å²) < 4.78 is 5.27. The zero-order valence-electron chi connectivity index (χ0n) is 16.2. The van der Waals surface area contributed by atoms with Crippen molar-refractivity contribution in [1.29, 1.82) is 0 Å². The van der Waals surface area contributed by atoms with Gasteiger partial charge in [-0.2, -0.15) is 4.98 Å². The second-order valence-electron chi connectivity index (χ2n) is 7.28. The summed E-state index contributed by atoms with van der Waals surface area (Å²) in [6, 6.07) is 0. The average Bonchev–Trinajstić information content (AvgIpc) is 3.27. The molecule has 6 heteroatoms. The molecule has 0 aromatic carbocycles. The molecule has 25 heavy (non-hydrogen) atoms. The Hall–Kier alpha value is -1.59. The number of aryl methyl sites for hydroxylation is 1. The molecule has 0 aliphatic heterocycles. The van der Waals surface area contributed by atoms with E-state index in [1.165, 1.54) is 38.5 Å². The number of hydrogen-bond donors (Lipinski definition) is 2. The normalized spacial score (nSPS) is 15.9. The molecule has 0 atom stereocenters. The Morgan fingerprint density at radius 1 is 1.24 bits per heavy atom. The van der Waals surface area contributed by atoms with E-state index in [9.17, 15) is 0 Å². The van der Waals surface area contributed by atoms with Crippen molar-refractivity contribution in [2.45, 2.75) is 78.1 Å². The van der Waals surface area contributed by atoms with Crippen LogP contribution in [0.4, 0.5) is 0 Å². The fourth-order valence-electron chi connectivity index (χ4n) is 3.26. The van der Waals surface area contributed by atoms with E-state index in [1.807, 2.05) is 0 Å². The molecule has 1 fully saturated rings. The number of aliphatic imine (C=N–C) groups is 1. The third-order valence-electron chi connectivity index (χ3n) is 4.72. The molecule has 6 nitrogen and oxygen atoms in total. The molecule has 1 aliphatic carbocycles. The van der Waals surface area contributed by atoms with Crippen LogP contribution in [-0.2, 0) is 6.42 Å². The number of nitrogens with one attached hydrogen (secondary N) is 2. The summed E-state index contributed by atoms with van der Waals surface area (Å²) in [6.07, 6.45) is 10.0. The summed E-state index contributed by atoms with van der Waals surface area (Å²) in [5, 5.41) is 10.8. The zero-order chi connectivity index (χ0) is 17.9. The summed E-state index contributed by atoms with van der Waals surface area (Å²) in [6.45, 7) is 8.89. The molecule has 1 heterocycles. The lowest BCUT2D eigenvalue weighted by Crippen LogP contribution is -2.38. The van der Waals surface area contributed by atoms with Crippen LogP contribution in [0.5, 0.6) is 0 Å². The summed E-state index contributed by atoms with van der Waals surface area (Å²) >= 11 is 0. The molecule has 2 N–H and O–H groups in total. The van der Waals surface area contributed by atoms with Gasteiger partial charge in [0.25, 0.3) is 0 Å². The van der Waals surface area contributed by atoms with Crippen LogP contribution in [0.15, 0.2) is 9.52 Å². The number of nitrogens with zero attached hydrogens (tertiary/aromatic N) is 3. The molecule has 0 bridgehead atoms. The van der Waals surface area contributed by atoms with E-state index in [4.69, 9.17) is 4.52 Å². The Labute approximate surface area is 152 Å². The average molecular weight is 350 g/mol. The minimum Gasteiger partial charge on any atom is -0.357 e. The highest BCUT2D eigenvalue weighted by molar-refractivity contribution is 5.79. The van der Waals surface area contributed by atoms with Gasteiger partial charge >= 0.3 is 0 Å². The molecule has 0 radical (unpaired) electrons. The third kappa shape index (κ3) is 7.45. The monoisotopic (exact) mass is 349 g/mol. The minimum absolute atomic E-state index is 0.310. The highest BCUT2D eigenvalue weighted by Crippen LogP contribution is 2.28. The van der Waals surface area contributed by atoms with E-state index in [1.54, 1.807) is 0 Å². The van der Waals surface area contributed by atoms with Crippen LogP contribution in [0.2, 0.25) is 0 Å². The van der Waals surface area contributed by atoms with Crippen molar-refractivity contribution in [1.82, 2.24) is 20.8 Å². The Bertz CT molecular complexity index is 506. The maximum atomic E-state index is 5.27. The first kappa shape index (κ1) is 19.7. The Morgan fingerprint density at radius 3 is 2.72 bits per heavy atom. The lowest BCUT2D eigenvalue weighted by Gasteiger charge is -2.12. The number of rotatable bonds is 10. The van der Waals surface area contributed by atoms with E-state index in [-0.39, 0.29) is 0 Å². The molecule has 0 saturated heterocycles. The lowest BCUT2D eigenvalue weighted by molar-refractivity contribution is 0.369. The van der Waals surface area contributed by atoms with Crippen molar-refractivity contribution in [2.75, 3.05) is 19.6 Å². The van der Waals surface area contributed by atoms with E-state index >= 15 is 0 Å². The van der Waals surface area contributed by atoms with Gasteiger partial charge < -0.3 is 15.2 Å². The van der Waals surface area contributed by atoms with Gasteiger partial charge in [0, 0.05) is 32.0 Å². The van der Waals surface area contributed by atoms with Crippen molar-refractivity contribution in [2.24, 2.45) is 10.9 Å². The largest absolute Gasteiger partial charge is 0.357 e. The number of guanidine groups is 1. The van der Waals surface area contributed by atoms with Crippen molar-refractivity contribution >= 4 is 5.96 Å². The highest BCUT2D eigenvalue weighted by atomic mass is 16.5. The Kier molecular flexibility index (Phi) is 8.77. The first-order chi connectivity index (χ1) is 12.2. The molecule has 1 aromatic heterocycles. The standard InChI is InChI=1S/C19H35N5O/c1-4-20-19(21-13-7-11-16-9-5-6-10-16)22-14-8-12-17-23-18(15(2)3)24-25-17/h15-16H,4-14H2,1-3H3,(H2,20,21,22). The van der Waals surface area contributed by atoms with Crippen LogP contribution in [0.25, 0.3) is 0 Å². The van der Waals surface area contributed by atoms with Gasteiger partial charge in [-0.1, -0.05) is 44.7 Å². The van der Waals surface area contributed by atoms with Crippen molar-refractivity contribution in [3.63, 3.8) is 0 Å². The molecular formula is C19H35N5O. The fourth-order valence-corrected chi connectivity index (χ4v) is 3.26.